The Morgan fingerprint density at radius 2 is 2.14 bits per heavy atom. The Morgan fingerprint density at radius 3 is 2.90 bits per heavy atom. The number of nitrogens with zero attached hydrogens (tertiary/aromatic N) is 2. The van der Waals surface area contributed by atoms with Crippen molar-refractivity contribution in [3.05, 3.63) is 29.8 Å². The number of para-hydroxylation sites is 1. The number of carbonyl (C=O) groups excluding carboxylic acids is 1. The Hall–Kier alpha value is -1.10. The van der Waals surface area contributed by atoms with Crippen LogP contribution >= 0.6 is 12.4 Å². The Balaban J connectivity index is 0.00000161. The second kappa shape index (κ2) is 7.25. The summed E-state index contributed by atoms with van der Waals surface area (Å²) in [6.07, 6.45) is 3.30. The van der Waals surface area contributed by atoms with Crippen molar-refractivity contribution in [2.24, 2.45) is 0 Å². The number of hydrogen-bond acceptors (Lipinski definition) is 3. The third-order valence-corrected chi connectivity index (χ3v) is 4.45. The Morgan fingerprint density at radius 1 is 1.33 bits per heavy atom. The molecule has 2 heterocycles. The lowest BCUT2D eigenvalue weighted by Gasteiger charge is -2.31. The van der Waals surface area contributed by atoms with Crippen LogP contribution < -0.4 is 10.2 Å². The van der Waals surface area contributed by atoms with Gasteiger partial charge in [-0.2, -0.15) is 0 Å². The molecule has 1 atom stereocenters. The van der Waals surface area contributed by atoms with Crippen LogP contribution in [0, 0.1) is 0 Å². The highest BCUT2D eigenvalue weighted by Crippen LogP contribution is 2.27. The van der Waals surface area contributed by atoms with Gasteiger partial charge in [-0.15, -0.1) is 12.4 Å². The van der Waals surface area contributed by atoms with Crippen molar-refractivity contribution in [2.45, 2.75) is 25.3 Å². The number of amides is 1. The van der Waals surface area contributed by atoms with E-state index in [1.807, 2.05) is 18.0 Å². The second-order valence-electron chi connectivity index (χ2n) is 5.79. The first-order chi connectivity index (χ1) is 9.78. The van der Waals surface area contributed by atoms with Gasteiger partial charge in [0, 0.05) is 31.4 Å². The van der Waals surface area contributed by atoms with Gasteiger partial charge in [-0.05, 0) is 37.9 Å². The average Bonchev–Trinajstić information content (AvgIpc) is 2.94. The summed E-state index contributed by atoms with van der Waals surface area (Å²) in [5.74, 6) is 0.244. The fraction of sp³-hybridized carbons (Fsp3) is 0.562. The molecule has 0 radical (unpaired) electrons. The lowest BCUT2D eigenvalue weighted by Crippen LogP contribution is -2.42. The standard InChI is InChI=1S/C16H23N3O.ClH/c1-17-14-8-10-18(11-14)12-16(20)19-9-4-6-13-5-2-3-7-15(13)19;/h2-3,5,7,14,17H,4,6,8-12H2,1H3;1H. The number of anilines is 1. The first-order valence-corrected chi connectivity index (χ1v) is 7.56. The van der Waals surface area contributed by atoms with Gasteiger partial charge in [0.25, 0.3) is 0 Å². The largest absolute Gasteiger partial charge is 0.316 e. The number of hydrogen-bond donors (Lipinski definition) is 1. The van der Waals surface area contributed by atoms with E-state index in [9.17, 15) is 4.79 Å². The molecule has 1 aromatic carbocycles. The molecule has 0 spiro atoms. The number of likely N-dealkylation sites (N-methyl/N-ethyl adjacent to an activating group) is 1. The minimum absolute atomic E-state index is 0. The highest BCUT2D eigenvalue weighted by Gasteiger charge is 2.27. The SMILES string of the molecule is CNC1CCN(CC(=O)N2CCCc3ccccc32)C1.Cl. The molecule has 1 fully saturated rings. The molecule has 1 saturated heterocycles. The zero-order valence-corrected chi connectivity index (χ0v) is 13.4. The lowest BCUT2D eigenvalue weighted by molar-refractivity contribution is -0.119. The van der Waals surface area contributed by atoms with Gasteiger partial charge in [0.1, 0.15) is 0 Å². The van der Waals surface area contributed by atoms with E-state index < -0.39 is 0 Å². The quantitative estimate of drug-likeness (QED) is 0.923. The minimum Gasteiger partial charge on any atom is -0.316 e. The number of nitrogens with one attached hydrogen (secondary N) is 1. The van der Waals surface area contributed by atoms with Crippen LogP contribution in [-0.2, 0) is 11.2 Å². The molecule has 3 rings (SSSR count). The van der Waals surface area contributed by atoms with E-state index in [1.165, 1.54) is 5.56 Å². The monoisotopic (exact) mass is 309 g/mol. The van der Waals surface area contributed by atoms with Crippen molar-refractivity contribution in [3.63, 3.8) is 0 Å². The van der Waals surface area contributed by atoms with Crippen LogP contribution in [0.4, 0.5) is 5.69 Å². The molecular weight excluding hydrogens is 286 g/mol. The lowest BCUT2D eigenvalue weighted by atomic mass is 10.0. The van der Waals surface area contributed by atoms with Crippen LogP contribution in [0.5, 0.6) is 0 Å². The van der Waals surface area contributed by atoms with Crippen LogP contribution in [0.1, 0.15) is 18.4 Å². The smallest absolute Gasteiger partial charge is 0.241 e. The van der Waals surface area contributed by atoms with Crippen LogP contribution in [0.15, 0.2) is 24.3 Å². The normalized spacial score (nSPS) is 21.8. The summed E-state index contributed by atoms with van der Waals surface area (Å²) < 4.78 is 0. The van der Waals surface area contributed by atoms with Gasteiger partial charge in [-0.1, -0.05) is 18.2 Å². The third-order valence-electron chi connectivity index (χ3n) is 4.45. The molecule has 1 N–H and O–H groups in total. The second-order valence-corrected chi connectivity index (χ2v) is 5.79. The summed E-state index contributed by atoms with van der Waals surface area (Å²) in [5, 5.41) is 3.30. The maximum absolute atomic E-state index is 12.6. The Bertz CT molecular complexity index is 494. The van der Waals surface area contributed by atoms with Gasteiger partial charge in [-0.3, -0.25) is 9.69 Å². The number of carbonyl (C=O) groups is 1. The first-order valence-electron chi connectivity index (χ1n) is 7.56. The summed E-state index contributed by atoms with van der Waals surface area (Å²) in [4.78, 5) is 16.8. The highest BCUT2D eigenvalue weighted by atomic mass is 35.5. The predicted octanol–water partition coefficient (Wildman–Crippen LogP) is 1.68. The average molecular weight is 310 g/mol. The van der Waals surface area contributed by atoms with Crippen LogP contribution in [0.25, 0.3) is 0 Å². The molecule has 1 amide bonds. The maximum atomic E-state index is 12.6. The van der Waals surface area contributed by atoms with Gasteiger partial charge in [0.05, 0.1) is 6.54 Å². The molecular formula is C16H24ClN3O. The molecule has 0 bridgehead atoms. The minimum atomic E-state index is 0. The van der Waals surface area contributed by atoms with E-state index >= 15 is 0 Å². The van der Waals surface area contributed by atoms with Crippen molar-refractivity contribution in [1.82, 2.24) is 10.2 Å². The summed E-state index contributed by atoms with van der Waals surface area (Å²) in [7, 11) is 2.00. The molecule has 0 saturated carbocycles. The molecule has 1 aromatic rings. The van der Waals surface area contributed by atoms with E-state index in [1.54, 1.807) is 0 Å². The molecule has 0 aromatic heterocycles. The number of rotatable bonds is 3. The van der Waals surface area contributed by atoms with Crippen molar-refractivity contribution < 1.29 is 4.79 Å². The van der Waals surface area contributed by atoms with Crippen molar-refractivity contribution in [2.75, 3.05) is 38.1 Å². The van der Waals surface area contributed by atoms with Gasteiger partial charge < -0.3 is 10.2 Å². The first kappa shape index (κ1) is 16.3. The van der Waals surface area contributed by atoms with E-state index in [4.69, 9.17) is 0 Å². The summed E-state index contributed by atoms with van der Waals surface area (Å²) >= 11 is 0. The maximum Gasteiger partial charge on any atom is 0.241 e. The summed E-state index contributed by atoms with van der Waals surface area (Å²) in [6, 6.07) is 8.84. The fourth-order valence-corrected chi connectivity index (χ4v) is 3.28. The molecule has 4 nitrogen and oxygen atoms in total. The van der Waals surface area contributed by atoms with E-state index in [2.05, 4.69) is 28.4 Å². The number of aryl methyl sites for hydroxylation is 1. The van der Waals surface area contributed by atoms with E-state index in [0.29, 0.717) is 12.6 Å². The molecule has 21 heavy (non-hydrogen) atoms. The molecule has 2 aliphatic rings. The van der Waals surface area contributed by atoms with Gasteiger partial charge in [-0.25, -0.2) is 0 Å². The van der Waals surface area contributed by atoms with Crippen molar-refractivity contribution in [3.8, 4) is 0 Å². The predicted molar refractivity (Wildman–Crippen MR) is 88.3 cm³/mol. The molecule has 2 aliphatic heterocycles. The fourth-order valence-electron chi connectivity index (χ4n) is 3.28. The van der Waals surface area contributed by atoms with Crippen molar-refractivity contribution in [1.29, 1.82) is 0 Å². The Kier molecular flexibility index (Phi) is 5.62. The molecule has 0 aliphatic carbocycles. The van der Waals surface area contributed by atoms with Crippen LogP contribution in [0.2, 0.25) is 0 Å². The number of halogens is 1. The van der Waals surface area contributed by atoms with Crippen molar-refractivity contribution >= 4 is 24.0 Å². The molecule has 1 unspecified atom stereocenters. The van der Waals surface area contributed by atoms with E-state index in [0.717, 1.165) is 44.6 Å². The molecule has 5 heteroatoms. The number of benzene rings is 1. The van der Waals surface area contributed by atoms with E-state index in [-0.39, 0.29) is 18.3 Å². The third kappa shape index (κ3) is 3.57. The topological polar surface area (TPSA) is 35.6 Å². The summed E-state index contributed by atoms with van der Waals surface area (Å²) in [5.41, 5.74) is 2.43. The van der Waals surface area contributed by atoms with Crippen LogP contribution in [-0.4, -0.2) is 50.1 Å². The van der Waals surface area contributed by atoms with Crippen LogP contribution in [0.3, 0.4) is 0 Å². The zero-order valence-electron chi connectivity index (χ0n) is 12.5. The zero-order chi connectivity index (χ0) is 13.9. The van der Waals surface area contributed by atoms with Gasteiger partial charge >= 0.3 is 0 Å². The Labute approximate surface area is 132 Å². The summed E-state index contributed by atoms with van der Waals surface area (Å²) in [6.45, 7) is 3.41. The van der Waals surface area contributed by atoms with Gasteiger partial charge in [0.15, 0.2) is 0 Å². The van der Waals surface area contributed by atoms with Gasteiger partial charge in [0.2, 0.25) is 5.91 Å². The highest BCUT2D eigenvalue weighted by molar-refractivity contribution is 5.96. The molecule has 116 valence electrons. The number of fused-ring (bicyclic) bond motifs is 1. The number of likely N-dealkylation sites (tertiary alicyclic amines) is 1.